The zero-order valence-corrected chi connectivity index (χ0v) is 12.3. The van der Waals surface area contributed by atoms with Gasteiger partial charge in [0.1, 0.15) is 18.8 Å². The number of amides is 2. The average Bonchev–Trinajstić information content (AvgIpc) is 3.16. The molecule has 1 aliphatic heterocycles. The van der Waals surface area contributed by atoms with Crippen molar-refractivity contribution in [2.24, 2.45) is 0 Å². The van der Waals surface area contributed by atoms with E-state index in [0.717, 1.165) is 12.0 Å². The maximum Gasteiger partial charge on any atom is 0.408 e. The maximum atomic E-state index is 12.2. The van der Waals surface area contributed by atoms with E-state index in [9.17, 15) is 9.59 Å². The SMILES string of the molecule is C[C@H](NC(=O)OCc1ccccc1)C(=O)N1O[C@H]2C=C[C@@H]1C2. The highest BCUT2D eigenvalue weighted by Gasteiger charge is 2.40. The van der Waals surface area contributed by atoms with Crippen molar-refractivity contribution < 1.29 is 19.2 Å². The molecule has 0 saturated carbocycles. The molecule has 0 spiro atoms. The molecule has 1 fully saturated rings. The number of rotatable bonds is 4. The van der Waals surface area contributed by atoms with Crippen molar-refractivity contribution in [3.8, 4) is 0 Å². The fourth-order valence-electron chi connectivity index (χ4n) is 2.53. The van der Waals surface area contributed by atoms with Gasteiger partial charge in [0.15, 0.2) is 0 Å². The van der Waals surface area contributed by atoms with Crippen molar-refractivity contribution >= 4 is 12.0 Å². The number of alkyl carbamates (subject to hydrolysis) is 1. The van der Waals surface area contributed by atoms with Crippen LogP contribution in [0.3, 0.4) is 0 Å². The molecule has 1 aromatic rings. The first-order valence-corrected chi connectivity index (χ1v) is 7.29. The lowest BCUT2D eigenvalue weighted by atomic mass is 10.2. The Hall–Kier alpha value is -2.34. The van der Waals surface area contributed by atoms with Gasteiger partial charge in [-0.15, -0.1) is 0 Å². The summed E-state index contributed by atoms with van der Waals surface area (Å²) >= 11 is 0. The van der Waals surface area contributed by atoms with Crippen LogP contribution in [-0.2, 0) is 21.0 Å². The first-order chi connectivity index (χ1) is 10.6. The fraction of sp³-hybridized carbons (Fsp3) is 0.375. The second-order valence-electron chi connectivity index (χ2n) is 5.42. The van der Waals surface area contributed by atoms with Crippen LogP contribution in [0.4, 0.5) is 4.79 Å². The third kappa shape index (κ3) is 3.12. The Morgan fingerprint density at radius 3 is 2.77 bits per heavy atom. The average molecular weight is 302 g/mol. The summed E-state index contributed by atoms with van der Waals surface area (Å²) in [7, 11) is 0. The fourth-order valence-corrected chi connectivity index (χ4v) is 2.53. The molecule has 2 bridgehead atoms. The molecule has 22 heavy (non-hydrogen) atoms. The zero-order chi connectivity index (χ0) is 15.5. The monoisotopic (exact) mass is 302 g/mol. The lowest BCUT2D eigenvalue weighted by Gasteiger charge is -2.25. The number of hydroxylamine groups is 2. The molecule has 0 aromatic heterocycles. The van der Waals surface area contributed by atoms with E-state index in [-0.39, 0.29) is 24.7 Å². The second kappa shape index (κ2) is 6.19. The van der Waals surface area contributed by atoms with Crippen LogP contribution in [0.15, 0.2) is 42.5 Å². The number of nitrogens with one attached hydrogen (secondary N) is 1. The smallest absolute Gasteiger partial charge is 0.408 e. The van der Waals surface area contributed by atoms with E-state index in [1.54, 1.807) is 6.92 Å². The van der Waals surface area contributed by atoms with Gasteiger partial charge in [0, 0.05) is 6.42 Å². The number of fused-ring (bicyclic) bond motifs is 2. The van der Waals surface area contributed by atoms with Crippen molar-refractivity contribution in [1.82, 2.24) is 10.4 Å². The Labute approximate surface area is 128 Å². The van der Waals surface area contributed by atoms with E-state index < -0.39 is 12.1 Å². The minimum atomic E-state index is -0.698. The lowest BCUT2D eigenvalue weighted by Crippen LogP contribution is -2.48. The lowest BCUT2D eigenvalue weighted by molar-refractivity contribution is -0.184. The number of benzene rings is 1. The predicted molar refractivity (Wildman–Crippen MR) is 78.5 cm³/mol. The van der Waals surface area contributed by atoms with Crippen LogP contribution in [0.5, 0.6) is 0 Å². The van der Waals surface area contributed by atoms with E-state index >= 15 is 0 Å². The highest BCUT2D eigenvalue weighted by atomic mass is 16.7. The van der Waals surface area contributed by atoms with Crippen LogP contribution in [0, 0.1) is 0 Å². The number of carbonyl (C=O) groups is 2. The summed E-state index contributed by atoms with van der Waals surface area (Å²) < 4.78 is 5.10. The zero-order valence-electron chi connectivity index (χ0n) is 12.3. The molecule has 1 N–H and O–H groups in total. The number of nitrogens with zero attached hydrogens (tertiary/aromatic N) is 1. The summed E-state index contributed by atoms with van der Waals surface area (Å²) in [4.78, 5) is 29.4. The Bertz CT molecular complexity index is 587. The first-order valence-electron chi connectivity index (χ1n) is 7.29. The topological polar surface area (TPSA) is 67.9 Å². The summed E-state index contributed by atoms with van der Waals surface area (Å²) in [5.74, 6) is -0.270. The summed E-state index contributed by atoms with van der Waals surface area (Å²) in [6.07, 6.45) is 4.04. The third-order valence-corrected chi connectivity index (χ3v) is 3.71. The molecule has 0 unspecified atom stereocenters. The van der Waals surface area contributed by atoms with E-state index in [2.05, 4.69) is 5.32 Å². The predicted octanol–water partition coefficient (Wildman–Crippen LogP) is 1.77. The molecule has 1 saturated heterocycles. The van der Waals surface area contributed by atoms with Crippen molar-refractivity contribution in [2.75, 3.05) is 0 Å². The molecule has 116 valence electrons. The minimum absolute atomic E-state index is 0.0221. The highest BCUT2D eigenvalue weighted by Crippen LogP contribution is 2.29. The number of hydrogen-bond donors (Lipinski definition) is 1. The summed E-state index contributed by atoms with van der Waals surface area (Å²) in [5.41, 5.74) is 0.891. The van der Waals surface area contributed by atoms with E-state index in [1.807, 2.05) is 42.5 Å². The molecular weight excluding hydrogens is 284 g/mol. The maximum absolute atomic E-state index is 12.2. The minimum Gasteiger partial charge on any atom is -0.445 e. The van der Waals surface area contributed by atoms with Crippen LogP contribution < -0.4 is 5.32 Å². The van der Waals surface area contributed by atoms with Gasteiger partial charge in [0.25, 0.3) is 5.91 Å². The summed E-state index contributed by atoms with van der Waals surface area (Å²) in [6.45, 7) is 1.78. The van der Waals surface area contributed by atoms with E-state index in [4.69, 9.17) is 9.57 Å². The van der Waals surface area contributed by atoms with Gasteiger partial charge in [0.05, 0.1) is 6.04 Å². The molecule has 3 atom stereocenters. The van der Waals surface area contributed by atoms with Gasteiger partial charge in [-0.05, 0) is 12.5 Å². The summed E-state index contributed by atoms with van der Waals surface area (Å²) in [6, 6.07) is 8.64. The molecule has 1 heterocycles. The molecule has 1 aromatic carbocycles. The van der Waals surface area contributed by atoms with Gasteiger partial charge in [-0.25, -0.2) is 9.86 Å². The van der Waals surface area contributed by atoms with Gasteiger partial charge >= 0.3 is 6.09 Å². The quantitative estimate of drug-likeness (QED) is 0.861. The van der Waals surface area contributed by atoms with Gasteiger partial charge in [0.2, 0.25) is 0 Å². The standard InChI is InChI=1S/C16H18N2O4/c1-11(15(19)18-13-7-8-14(9-13)22-18)17-16(20)21-10-12-5-3-2-4-6-12/h2-8,11,13-14H,9-10H2,1H3,(H,17,20)/t11-,13+,14-/m0/s1. The molecule has 2 aliphatic rings. The Balaban J connectivity index is 1.47. The number of ether oxygens (including phenoxy) is 1. The van der Waals surface area contributed by atoms with Crippen LogP contribution in [-0.4, -0.2) is 35.3 Å². The molecular formula is C16H18N2O4. The van der Waals surface area contributed by atoms with Gasteiger partial charge in [-0.3, -0.25) is 9.63 Å². The van der Waals surface area contributed by atoms with Crippen molar-refractivity contribution in [3.05, 3.63) is 48.0 Å². The van der Waals surface area contributed by atoms with Crippen molar-refractivity contribution in [3.63, 3.8) is 0 Å². The number of hydrogen-bond acceptors (Lipinski definition) is 4. The van der Waals surface area contributed by atoms with Gasteiger partial charge in [-0.1, -0.05) is 42.5 Å². The van der Waals surface area contributed by atoms with Crippen LogP contribution >= 0.6 is 0 Å². The molecule has 6 heteroatoms. The van der Waals surface area contributed by atoms with Crippen molar-refractivity contribution in [1.29, 1.82) is 0 Å². The molecule has 0 radical (unpaired) electrons. The van der Waals surface area contributed by atoms with Crippen LogP contribution in [0.25, 0.3) is 0 Å². The van der Waals surface area contributed by atoms with E-state index in [1.165, 1.54) is 5.06 Å². The molecule has 2 amide bonds. The third-order valence-electron chi connectivity index (χ3n) is 3.71. The Morgan fingerprint density at radius 2 is 2.14 bits per heavy atom. The molecule has 6 nitrogen and oxygen atoms in total. The Kier molecular flexibility index (Phi) is 4.11. The van der Waals surface area contributed by atoms with Crippen LogP contribution in [0.1, 0.15) is 18.9 Å². The van der Waals surface area contributed by atoms with Crippen molar-refractivity contribution in [2.45, 2.75) is 38.1 Å². The normalized spacial score (nSPS) is 23.4. The number of carbonyl (C=O) groups excluding carboxylic acids is 2. The molecule has 3 rings (SSSR count). The van der Waals surface area contributed by atoms with Gasteiger partial charge in [-0.2, -0.15) is 0 Å². The second-order valence-corrected chi connectivity index (χ2v) is 5.42. The van der Waals surface area contributed by atoms with Crippen LogP contribution in [0.2, 0.25) is 0 Å². The Morgan fingerprint density at radius 1 is 1.36 bits per heavy atom. The summed E-state index contributed by atoms with van der Waals surface area (Å²) in [5, 5.41) is 3.87. The first kappa shape index (κ1) is 14.6. The van der Waals surface area contributed by atoms with Gasteiger partial charge < -0.3 is 10.1 Å². The highest BCUT2D eigenvalue weighted by molar-refractivity contribution is 5.85. The largest absolute Gasteiger partial charge is 0.445 e. The van der Waals surface area contributed by atoms with E-state index in [0.29, 0.717) is 0 Å². The molecule has 1 aliphatic carbocycles.